The Morgan fingerprint density at radius 1 is 1.18 bits per heavy atom. The maximum absolute atomic E-state index is 12.9. The zero-order valence-corrected chi connectivity index (χ0v) is 11.7. The third-order valence-electron chi connectivity index (χ3n) is 3.10. The number of pyridine rings is 2. The van der Waals surface area contributed by atoms with Crippen LogP contribution in [0.1, 0.15) is 10.4 Å². The van der Waals surface area contributed by atoms with Gasteiger partial charge >= 0.3 is 0 Å². The van der Waals surface area contributed by atoms with Crippen molar-refractivity contribution in [1.29, 1.82) is 0 Å². The van der Waals surface area contributed by atoms with Crippen molar-refractivity contribution in [3.05, 3.63) is 60.0 Å². The molecule has 0 unspecified atom stereocenters. The highest BCUT2D eigenvalue weighted by Crippen LogP contribution is 2.18. The molecule has 1 N–H and O–H groups in total. The van der Waals surface area contributed by atoms with Crippen LogP contribution in [-0.2, 0) is 0 Å². The summed E-state index contributed by atoms with van der Waals surface area (Å²) in [5, 5.41) is 3.46. The fraction of sp³-hybridized carbons (Fsp3) is 0.0625. The number of carbonyl (C=O) groups is 1. The summed E-state index contributed by atoms with van der Waals surface area (Å²) in [6.07, 6.45) is 1.56. The lowest BCUT2D eigenvalue weighted by Gasteiger charge is -2.06. The van der Waals surface area contributed by atoms with Crippen molar-refractivity contribution in [2.75, 3.05) is 12.4 Å². The van der Waals surface area contributed by atoms with Gasteiger partial charge in [0, 0.05) is 10.9 Å². The van der Waals surface area contributed by atoms with Crippen LogP contribution in [0.4, 0.5) is 10.2 Å². The van der Waals surface area contributed by atoms with Gasteiger partial charge in [-0.1, -0.05) is 0 Å². The molecule has 0 radical (unpaired) electrons. The van der Waals surface area contributed by atoms with Crippen LogP contribution >= 0.6 is 0 Å². The molecular formula is C16H12FN3O2. The zero-order chi connectivity index (χ0) is 15.5. The standard InChI is InChI=1S/C16H12FN3O2/c1-22-13-8-11-4-7-14(19-15(11)18-9-13)20-16(21)10-2-5-12(17)6-3-10/h2-9H,1H3,(H,18,19,20,21). The van der Waals surface area contributed by atoms with Crippen molar-refractivity contribution in [3.63, 3.8) is 0 Å². The van der Waals surface area contributed by atoms with Gasteiger partial charge in [-0.2, -0.15) is 0 Å². The van der Waals surface area contributed by atoms with E-state index < -0.39 is 5.82 Å². The Morgan fingerprint density at radius 3 is 2.68 bits per heavy atom. The monoisotopic (exact) mass is 297 g/mol. The van der Waals surface area contributed by atoms with E-state index in [0.717, 1.165) is 5.39 Å². The second-order valence-electron chi connectivity index (χ2n) is 4.58. The van der Waals surface area contributed by atoms with Crippen LogP contribution in [0.5, 0.6) is 5.75 Å². The number of ether oxygens (including phenoxy) is 1. The van der Waals surface area contributed by atoms with Crippen LogP contribution in [0.2, 0.25) is 0 Å². The number of anilines is 1. The van der Waals surface area contributed by atoms with Crippen LogP contribution in [0.25, 0.3) is 11.0 Å². The number of aromatic nitrogens is 2. The molecule has 0 saturated carbocycles. The van der Waals surface area contributed by atoms with Crippen LogP contribution in [0, 0.1) is 5.82 Å². The van der Waals surface area contributed by atoms with E-state index >= 15 is 0 Å². The Labute approximate surface area is 125 Å². The smallest absolute Gasteiger partial charge is 0.256 e. The minimum Gasteiger partial charge on any atom is -0.495 e. The van der Waals surface area contributed by atoms with Crippen molar-refractivity contribution in [1.82, 2.24) is 9.97 Å². The quantitative estimate of drug-likeness (QED) is 0.807. The van der Waals surface area contributed by atoms with E-state index in [-0.39, 0.29) is 5.91 Å². The van der Waals surface area contributed by atoms with Crippen molar-refractivity contribution >= 4 is 22.8 Å². The van der Waals surface area contributed by atoms with Gasteiger partial charge in [0.05, 0.1) is 13.3 Å². The first-order valence-electron chi connectivity index (χ1n) is 6.53. The van der Waals surface area contributed by atoms with Gasteiger partial charge in [0.2, 0.25) is 0 Å². The Morgan fingerprint density at radius 2 is 1.95 bits per heavy atom. The summed E-state index contributed by atoms with van der Waals surface area (Å²) in [6, 6.07) is 10.6. The normalized spacial score (nSPS) is 10.5. The molecule has 0 aliphatic rings. The molecule has 1 amide bonds. The van der Waals surface area contributed by atoms with Crippen LogP contribution in [0.15, 0.2) is 48.7 Å². The maximum Gasteiger partial charge on any atom is 0.256 e. The number of nitrogens with zero attached hydrogens (tertiary/aromatic N) is 2. The first-order valence-corrected chi connectivity index (χ1v) is 6.53. The highest BCUT2D eigenvalue weighted by atomic mass is 19.1. The van der Waals surface area contributed by atoms with E-state index in [4.69, 9.17) is 4.74 Å². The largest absolute Gasteiger partial charge is 0.495 e. The van der Waals surface area contributed by atoms with Gasteiger partial charge in [-0.05, 0) is 42.5 Å². The molecule has 5 nitrogen and oxygen atoms in total. The number of amides is 1. The molecule has 0 aliphatic heterocycles. The lowest BCUT2D eigenvalue weighted by atomic mass is 10.2. The van der Waals surface area contributed by atoms with Gasteiger partial charge in [0.15, 0.2) is 5.65 Å². The summed E-state index contributed by atoms with van der Waals surface area (Å²) in [5.41, 5.74) is 0.851. The number of hydrogen-bond acceptors (Lipinski definition) is 4. The van der Waals surface area contributed by atoms with E-state index in [1.165, 1.54) is 24.3 Å². The van der Waals surface area contributed by atoms with Crippen molar-refractivity contribution < 1.29 is 13.9 Å². The molecule has 0 fully saturated rings. The maximum atomic E-state index is 12.9. The van der Waals surface area contributed by atoms with E-state index in [0.29, 0.717) is 22.8 Å². The van der Waals surface area contributed by atoms with Crippen molar-refractivity contribution in [3.8, 4) is 5.75 Å². The molecule has 0 aliphatic carbocycles. The Hall–Kier alpha value is -3.02. The lowest BCUT2D eigenvalue weighted by molar-refractivity contribution is 0.102. The van der Waals surface area contributed by atoms with E-state index in [2.05, 4.69) is 15.3 Å². The third kappa shape index (κ3) is 2.85. The van der Waals surface area contributed by atoms with E-state index in [1.54, 1.807) is 31.5 Å². The van der Waals surface area contributed by atoms with Crippen LogP contribution < -0.4 is 10.1 Å². The minimum absolute atomic E-state index is 0.353. The number of fused-ring (bicyclic) bond motifs is 1. The predicted octanol–water partition coefficient (Wildman–Crippen LogP) is 3.03. The summed E-state index contributed by atoms with van der Waals surface area (Å²) < 4.78 is 17.9. The lowest BCUT2D eigenvalue weighted by Crippen LogP contribution is -2.13. The number of carbonyl (C=O) groups excluding carboxylic acids is 1. The van der Waals surface area contributed by atoms with Gasteiger partial charge < -0.3 is 10.1 Å². The summed E-state index contributed by atoms with van der Waals surface area (Å²) in [6.45, 7) is 0. The highest BCUT2D eigenvalue weighted by Gasteiger charge is 2.08. The minimum atomic E-state index is -0.390. The van der Waals surface area contributed by atoms with Crippen LogP contribution in [0.3, 0.4) is 0 Å². The molecule has 22 heavy (non-hydrogen) atoms. The molecule has 2 heterocycles. The summed E-state index contributed by atoms with van der Waals surface area (Å²) in [4.78, 5) is 20.5. The molecule has 0 bridgehead atoms. The second-order valence-corrected chi connectivity index (χ2v) is 4.58. The summed E-state index contributed by atoms with van der Waals surface area (Å²) in [5.74, 6) is 0.260. The molecule has 2 aromatic heterocycles. The highest BCUT2D eigenvalue weighted by molar-refractivity contribution is 6.04. The SMILES string of the molecule is COc1cnc2nc(NC(=O)c3ccc(F)cc3)ccc2c1. The second kappa shape index (κ2) is 5.77. The first-order chi connectivity index (χ1) is 10.7. The molecule has 0 spiro atoms. The average molecular weight is 297 g/mol. The number of nitrogens with one attached hydrogen (secondary N) is 1. The molecule has 0 atom stereocenters. The first kappa shape index (κ1) is 13.9. The Kier molecular flexibility index (Phi) is 3.65. The van der Waals surface area contributed by atoms with Crippen LogP contribution in [-0.4, -0.2) is 23.0 Å². The molecule has 3 aromatic rings. The molecule has 3 rings (SSSR count). The number of halogens is 1. The Balaban J connectivity index is 1.84. The number of hydrogen-bond donors (Lipinski definition) is 1. The van der Waals surface area contributed by atoms with Gasteiger partial charge in [0.25, 0.3) is 5.91 Å². The Bertz CT molecular complexity index is 834. The van der Waals surface area contributed by atoms with Crippen molar-refractivity contribution in [2.24, 2.45) is 0 Å². The van der Waals surface area contributed by atoms with E-state index in [9.17, 15) is 9.18 Å². The van der Waals surface area contributed by atoms with Gasteiger partial charge in [0.1, 0.15) is 17.4 Å². The fourth-order valence-corrected chi connectivity index (χ4v) is 1.96. The fourth-order valence-electron chi connectivity index (χ4n) is 1.96. The predicted molar refractivity (Wildman–Crippen MR) is 80.4 cm³/mol. The van der Waals surface area contributed by atoms with Gasteiger partial charge in [-0.25, -0.2) is 14.4 Å². The summed E-state index contributed by atoms with van der Waals surface area (Å²) in [7, 11) is 1.56. The van der Waals surface area contributed by atoms with Crippen molar-refractivity contribution in [2.45, 2.75) is 0 Å². The molecule has 0 saturated heterocycles. The number of methoxy groups -OCH3 is 1. The average Bonchev–Trinajstić information content (AvgIpc) is 2.55. The van der Waals surface area contributed by atoms with Gasteiger partial charge in [-0.3, -0.25) is 4.79 Å². The molecular weight excluding hydrogens is 285 g/mol. The molecule has 1 aromatic carbocycles. The number of benzene rings is 1. The molecule has 6 heteroatoms. The molecule has 110 valence electrons. The summed E-state index contributed by atoms with van der Waals surface area (Å²) >= 11 is 0. The third-order valence-corrected chi connectivity index (χ3v) is 3.10. The zero-order valence-electron chi connectivity index (χ0n) is 11.7. The topological polar surface area (TPSA) is 64.1 Å². The van der Waals surface area contributed by atoms with Gasteiger partial charge in [-0.15, -0.1) is 0 Å². The van der Waals surface area contributed by atoms with E-state index in [1.807, 2.05) is 0 Å². The number of rotatable bonds is 3.